The molecule has 0 radical (unpaired) electrons. The molecule has 0 bridgehead atoms. The molecule has 1 aliphatic rings. The Balaban J connectivity index is 1.39. The van der Waals surface area contributed by atoms with Crippen molar-refractivity contribution in [2.24, 2.45) is 0 Å². The quantitative estimate of drug-likeness (QED) is 0.779. The minimum atomic E-state index is -0.0418. The Morgan fingerprint density at radius 1 is 1.04 bits per heavy atom. The number of benzene rings is 2. The molecule has 1 fully saturated rings. The van der Waals surface area contributed by atoms with Crippen molar-refractivity contribution >= 4 is 11.6 Å². The summed E-state index contributed by atoms with van der Waals surface area (Å²) in [6, 6.07) is 17.9. The van der Waals surface area contributed by atoms with E-state index in [0.29, 0.717) is 18.7 Å². The highest BCUT2D eigenvalue weighted by atomic mass is 16.5. The maximum Gasteiger partial charge on any atom is 0.251 e. The number of rotatable bonds is 8. The van der Waals surface area contributed by atoms with Gasteiger partial charge in [0, 0.05) is 50.5 Å². The first-order valence-corrected chi connectivity index (χ1v) is 9.79. The first kappa shape index (κ1) is 19.2. The summed E-state index contributed by atoms with van der Waals surface area (Å²) in [5.41, 5.74) is 1.94. The smallest absolute Gasteiger partial charge is 0.251 e. The van der Waals surface area contributed by atoms with Crippen LogP contribution in [0.4, 0.5) is 5.69 Å². The van der Waals surface area contributed by atoms with Gasteiger partial charge in [-0.05, 0) is 36.8 Å². The summed E-state index contributed by atoms with van der Waals surface area (Å²) in [6.07, 6.45) is 0.952. The minimum Gasteiger partial charge on any atom is -0.494 e. The average molecular weight is 367 g/mol. The van der Waals surface area contributed by atoms with Crippen LogP contribution in [0.3, 0.4) is 0 Å². The molecule has 1 saturated heterocycles. The lowest BCUT2D eigenvalue weighted by Gasteiger charge is -2.36. The van der Waals surface area contributed by atoms with Crippen molar-refractivity contribution in [1.82, 2.24) is 10.2 Å². The number of amides is 1. The maximum absolute atomic E-state index is 12.4. The van der Waals surface area contributed by atoms with E-state index >= 15 is 0 Å². The van der Waals surface area contributed by atoms with E-state index in [2.05, 4.69) is 46.3 Å². The highest BCUT2D eigenvalue weighted by Gasteiger charge is 2.17. The van der Waals surface area contributed by atoms with Crippen molar-refractivity contribution in [2.75, 3.05) is 50.8 Å². The summed E-state index contributed by atoms with van der Waals surface area (Å²) >= 11 is 0. The Hall–Kier alpha value is -2.53. The third-order valence-corrected chi connectivity index (χ3v) is 4.78. The first-order chi connectivity index (χ1) is 13.3. The van der Waals surface area contributed by atoms with E-state index in [1.807, 2.05) is 30.3 Å². The molecule has 1 aliphatic heterocycles. The molecule has 0 unspecified atom stereocenters. The van der Waals surface area contributed by atoms with E-state index in [1.54, 1.807) is 0 Å². The highest BCUT2D eigenvalue weighted by molar-refractivity contribution is 5.94. The number of nitrogens with one attached hydrogen (secondary N) is 1. The molecule has 2 aromatic carbocycles. The number of piperazine rings is 1. The number of nitrogens with zero attached hydrogens (tertiary/aromatic N) is 2. The maximum atomic E-state index is 12.4. The largest absolute Gasteiger partial charge is 0.494 e. The van der Waals surface area contributed by atoms with Crippen LogP contribution in [0.1, 0.15) is 23.7 Å². The van der Waals surface area contributed by atoms with Crippen molar-refractivity contribution in [3.8, 4) is 5.75 Å². The summed E-state index contributed by atoms with van der Waals surface area (Å²) in [5, 5.41) is 3.02. The fourth-order valence-corrected chi connectivity index (χ4v) is 3.25. The summed E-state index contributed by atoms with van der Waals surface area (Å²) in [6.45, 7) is 8.35. The molecule has 0 aromatic heterocycles. The molecule has 0 atom stereocenters. The molecular weight excluding hydrogens is 338 g/mol. The SMILES string of the molecule is CCCOc1cccc(C(=O)NCCN2CCN(c3ccccc3)CC2)c1. The third kappa shape index (κ3) is 5.73. The molecule has 0 aliphatic carbocycles. The van der Waals surface area contributed by atoms with Crippen LogP contribution in [0.5, 0.6) is 5.75 Å². The number of carbonyl (C=O) groups excluding carboxylic acids is 1. The van der Waals surface area contributed by atoms with Crippen LogP contribution in [0.15, 0.2) is 54.6 Å². The van der Waals surface area contributed by atoms with E-state index < -0.39 is 0 Å². The van der Waals surface area contributed by atoms with Gasteiger partial charge in [-0.3, -0.25) is 9.69 Å². The fourth-order valence-electron chi connectivity index (χ4n) is 3.25. The molecule has 0 saturated carbocycles. The first-order valence-electron chi connectivity index (χ1n) is 9.79. The van der Waals surface area contributed by atoms with Crippen molar-refractivity contribution in [1.29, 1.82) is 0 Å². The van der Waals surface area contributed by atoms with Gasteiger partial charge in [0.25, 0.3) is 5.91 Å². The van der Waals surface area contributed by atoms with Gasteiger partial charge in [0.2, 0.25) is 0 Å². The molecule has 3 rings (SSSR count). The normalized spacial score (nSPS) is 14.8. The lowest BCUT2D eigenvalue weighted by molar-refractivity contribution is 0.0947. The Morgan fingerprint density at radius 2 is 1.81 bits per heavy atom. The van der Waals surface area contributed by atoms with Crippen LogP contribution in [-0.4, -0.2) is 56.7 Å². The van der Waals surface area contributed by atoms with Crippen LogP contribution in [0.25, 0.3) is 0 Å². The average Bonchev–Trinajstić information content (AvgIpc) is 2.73. The van der Waals surface area contributed by atoms with E-state index in [9.17, 15) is 4.79 Å². The topological polar surface area (TPSA) is 44.8 Å². The number of carbonyl (C=O) groups is 1. The van der Waals surface area contributed by atoms with Gasteiger partial charge in [-0.15, -0.1) is 0 Å². The molecule has 5 heteroatoms. The zero-order valence-electron chi connectivity index (χ0n) is 16.1. The monoisotopic (exact) mass is 367 g/mol. The molecule has 1 amide bonds. The van der Waals surface area contributed by atoms with Gasteiger partial charge in [0.05, 0.1) is 6.61 Å². The van der Waals surface area contributed by atoms with Crippen LogP contribution >= 0.6 is 0 Å². The van der Waals surface area contributed by atoms with Crippen LogP contribution in [0, 0.1) is 0 Å². The van der Waals surface area contributed by atoms with Gasteiger partial charge < -0.3 is 15.0 Å². The molecule has 2 aromatic rings. The Morgan fingerprint density at radius 3 is 2.56 bits per heavy atom. The predicted molar refractivity (Wildman–Crippen MR) is 110 cm³/mol. The zero-order chi connectivity index (χ0) is 18.9. The van der Waals surface area contributed by atoms with Crippen molar-refractivity contribution in [2.45, 2.75) is 13.3 Å². The van der Waals surface area contributed by atoms with Gasteiger partial charge in [-0.25, -0.2) is 0 Å². The molecule has 1 N–H and O–H groups in total. The highest BCUT2D eigenvalue weighted by Crippen LogP contribution is 2.15. The predicted octanol–water partition coefficient (Wildman–Crippen LogP) is 3.03. The van der Waals surface area contributed by atoms with Gasteiger partial charge in [0.1, 0.15) is 5.75 Å². The third-order valence-electron chi connectivity index (χ3n) is 4.78. The zero-order valence-corrected chi connectivity index (χ0v) is 16.1. The standard InChI is InChI=1S/C22H29N3O2/c1-2-17-27-21-10-6-7-19(18-21)22(26)23-11-12-24-13-15-25(16-14-24)20-8-4-3-5-9-20/h3-10,18H,2,11-17H2,1H3,(H,23,26). The number of hydrogen-bond acceptors (Lipinski definition) is 4. The number of anilines is 1. The lowest BCUT2D eigenvalue weighted by atomic mass is 10.2. The molecule has 144 valence electrons. The number of ether oxygens (including phenoxy) is 1. The Bertz CT molecular complexity index is 713. The lowest BCUT2D eigenvalue weighted by Crippen LogP contribution is -2.48. The van der Waals surface area contributed by atoms with E-state index in [4.69, 9.17) is 4.74 Å². The summed E-state index contributed by atoms with van der Waals surface area (Å²) < 4.78 is 5.60. The van der Waals surface area contributed by atoms with Gasteiger partial charge in [-0.1, -0.05) is 31.2 Å². The molecule has 27 heavy (non-hydrogen) atoms. The van der Waals surface area contributed by atoms with Crippen molar-refractivity contribution in [3.63, 3.8) is 0 Å². The summed E-state index contributed by atoms with van der Waals surface area (Å²) in [7, 11) is 0. The van der Waals surface area contributed by atoms with Gasteiger partial charge >= 0.3 is 0 Å². The second-order valence-corrected chi connectivity index (χ2v) is 6.80. The Labute approximate surface area is 161 Å². The van der Waals surface area contributed by atoms with Crippen LogP contribution in [-0.2, 0) is 0 Å². The number of para-hydroxylation sites is 1. The van der Waals surface area contributed by atoms with Gasteiger partial charge in [0.15, 0.2) is 0 Å². The fraction of sp³-hybridized carbons (Fsp3) is 0.409. The second-order valence-electron chi connectivity index (χ2n) is 6.80. The minimum absolute atomic E-state index is 0.0418. The van der Waals surface area contributed by atoms with Crippen LogP contribution in [0.2, 0.25) is 0 Å². The van der Waals surface area contributed by atoms with Crippen molar-refractivity contribution in [3.05, 3.63) is 60.2 Å². The molecular formula is C22H29N3O2. The van der Waals surface area contributed by atoms with E-state index in [-0.39, 0.29) is 5.91 Å². The summed E-state index contributed by atoms with van der Waals surface area (Å²) in [4.78, 5) is 17.2. The van der Waals surface area contributed by atoms with E-state index in [1.165, 1.54) is 5.69 Å². The van der Waals surface area contributed by atoms with Crippen LogP contribution < -0.4 is 15.0 Å². The van der Waals surface area contributed by atoms with Gasteiger partial charge in [-0.2, -0.15) is 0 Å². The summed E-state index contributed by atoms with van der Waals surface area (Å²) in [5.74, 6) is 0.710. The number of hydrogen-bond donors (Lipinski definition) is 1. The second kappa shape index (κ2) is 9.97. The Kier molecular flexibility index (Phi) is 7.11. The molecule has 5 nitrogen and oxygen atoms in total. The van der Waals surface area contributed by atoms with Crippen molar-refractivity contribution < 1.29 is 9.53 Å². The molecule has 0 spiro atoms. The van der Waals surface area contributed by atoms with E-state index in [0.717, 1.165) is 44.9 Å². The molecule has 1 heterocycles.